The summed E-state index contributed by atoms with van der Waals surface area (Å²) in [5.74, 6) is -0.107. The lowest BCUT2D eigenvalue weighted by Crippen LogP contribution is -2.15. The molecule has 0 aliphatic carbocycles. The Morgan fingerprint density at radius 2 is 1.95 bits per heavy atom. The molecule has 2 rings (SSSR count). The highest BCUT2D eigenvalue weighted by Crippen LogP contribution is 2.21. The Morgan fingerprint density at radius 1 is 1.21 bits per heavy atom. The molecule has 0 saturated heterocycles. The Hall–Kier alpha value is -2.36. The molecule has 0 aliphatic heterocycles. The summed E-state index contributed by atoms with van der Waals surface area (Å²) in [6, 6.07) is 10.5. The molecule has 0 spiro atoms. The summed E-state index contributed by atoms with van der Waals surface area (Å²) >= 11 is 0. The Labute approximate surface area is 112 Å². The molecule has 4 heteroatoms. The maximum absolute atomic E-state index is 11.9. The van der Waals surface area contributed by atoms with E-state index in [9.17, 15) is 9.90 Å². The molecule has 0 fully saturated rings. The second-order valence-corrected chi connectivity index (χ2v) is 4.44. The van der Waals surface area contributed by atoms with E-state index in [0.29, 0.717) is 5.69 Å². The van der Waals surface area contributed by atoms with Crippen LogP contribution < -0.4 is 5.32 Å². The van der Waals surface area contributed by atoms with E-state index in [2.05, 4.69) is 10.3 Å². The predicted octanol–water partition coefficient (Wildman–Crippen LogP) is 2.59. The number of amides is 1. The van der Waals surface area contributed by atoms with Gasteiger partial charge in [0.15, 0.2) is 0 Å². The van der Waals surface area contributed by atoms with E-state index in [1.54, 1.807) is 18.2 Å². The normalized spacial score (nSPS) is 10.2. The first-order valence-corrected chi connectivity index (χ1v) is 6.07. The zero-order valence-electron chi connectivity index (χ0n) is 11.0. The van der Waals surface area contributed by atoms with Crippen molar-refractivity contribution < 1.29 is 9.90 Å². The molecule has 1 amide bonds. The highest BCUT2D eigenvalue weighted by molar-refractivity contribution is 5.93. The summed E-state index contributed by atoms with van der Waals surface area (Å²) in [7, 11) is 0. The number of aromatic nitrogens is 1. The summed E-state index contributed by atoms with van der Waals surface area (Å²) in [6.45, 7) is 3.80. The van der Waals surface area contributed by atoms with Gasteiger partial charge in [-0.05, 0) is 37.6 Å². The molecule has 4 nitrogen and oxygen atoms in total. The van der Waals surface area contributed by atoms with Gasteiger partial charge in [-0.2, -0.15) is 0 Å². The van der Waals surface area contributed by atoms with Crippen LogP contribution in [0, 0.1) is 13.8 Å². The molecule has 0 unspecified atom stereocenters. The number of aryl methyl sites for hydroxylation is 2. The number of hydrogen-bond acceptors (Lipinski definition) is 3. The van der Waals surface area contributed by atoms with Crippen LogP contribution in [0.1, 0.15) is 17.0 Å². The fourth-order valence-corrected chi connectivity index (χ4v) is 1.85. The molecule has 1 heterocycles. The Balaban J connectivity index is 2.08. The summed E-state index contributed by atoms with van der Waals surface area (Å²) in [5, 5.41) is 12.3. The van der Waals surface area contributed by atoms with Crippen molar-refractivity contribution in [1.29, 1.82) is 0 Å². The van der Waals surface area contributed by atoms with Crippen LogP contribution in [-0.4, -0.2) is 16.0 Å². The van der Waals surface area contributed by atoms with E-state index in [4.69, 9.17) is 0 Å². The van der Waals surface area contributed by atoms with Gasteiger partial charge in [-0.1, -0.05) is 18.2 Å². The number of phenols is 1. The molecule has 1 aromatic heterocycles. The molecule has 0 atom stereocenters. The maximum Gasteiger partial charge on any atom is 0.228 e. The zero-order valence-corrected chi connectivity index (χ0v) is 11.0. The summed E-state index contributed by atoms with van der Waals surface area (Å²) < 4.78 is 0. The van der Waals surface area contributed by atoms with Crippen molar-refractivity contribution in [2.24, 2.45) is 0 Å². The standard InChI is InChI=1S/C15H16N2O2/c1-10-7-8-12(11(2)16-10)9-15(19)17-13-5-3-4-6-14(13)18/h3-8,18H,9H2,1-2H3,(H,17,19). The lowest BCUT2D eigenvalue weighted by Gasteiger charge is -2.08. The largest absolute Gasteiger partial charge is 0.506 e. The quantitative estimate of drug-likeness (QED) is 0.830. The van der Waals surface area contributed by atoms with Gasteiger partial charge in [-0.3, -0.25) is 9.78 Å². The van der Waals surface area contributed by atoms with Crippen LogP contribution >= 0.6 is 0 Å². The first-order valence-electron chi connectivity index (χ1n) is 6.07. The fraction of sp³-hybridized carbons (Fsp3) is 0.200. The molecular weight excluding hydrogens is 240 g/mol. The second-order valence-electron chi connectivity index (χ2n) is 4.44. The molecule has 19 heavy (non-hydrogen) atoms. The average molecular weight is 256 g/mol. The first-order chi connectivity index (χ1) is 9.06. The summed E-state index contributed by atoms with van der Waals surface area (Å²) in [5.41, 5.74) is 3.10. The van der Waals surface area contributed by atoms with Crippen molar-refractivity contribution in [3.63, 3.8) is 0 Å². The van der Waals surface area contributed by atoms with Gasteiger partial charge >= 0.3 is 0 Å². The third-order valence-corrected chi connectivity index (χ3v) is 2.86. The Morgan fingerprint density at radius 3 is 2.63 bits per heavy atom. The van der Waals surface area contributed by atoms with Crippen LogP contribution in [0.2, 0.25) is 0 Å². The number of aromatic hydroxyl groups is 1. The van der Waals surface area contributed by atoms with Crippen molar-refractivity contribution in [2.45, 2.75) is 20.3 Å². The minimum Gasteiger partial charge on any atom is -0.506 e. The SMILES string of the molecule is Cc1ccc(CC(=O)Nc2ccccc2O)c(C)n1. The molecule has 2 aromatic rings. The number of phenolic OH excluding ortho intramolecular Hbond substituents is 1. The van der Waals surface area contributed by atoms with Gasteiger partial charge in [0.2, 0.25) is 5.91 Å². The molecule has 2 N–H and O–H groups in total. The molecule has 1 aromatic carbocycles. The highest BCUT2D eigenvalue weighted by atomic mass is 16.3. The van der Waals surface area contributed by atoms with E-state index >= 15 is 0 Å². The number of nitrogens with zero attached hydrogens (tertiary/aromatic N) is 1. The second kappa shape index (κ2) is 5.52. The van der Waals surface area contributed by atoms with Gasteiger partial charge < -0.3 is 10.4 Å². The molecule has 0 saturated carbocycles. The average Bonchev–Trinajstić information content (AvgIpc) is 2.36. The number of para-hydroxylation sites is 2. The van der Waals surface area contributed by atoms with Crippen LogP contribution in [-0.2, 0) is 11.2 Å². The Bertz CT molecular complexity index is 609. The third-order valence-electron chi connectivity index (χ3n) is 2.86. The topological polar surface area (TPSA) is 62.2 Å². The van der Waals surface area contributed by atoms with Gasteiger partial charge in [0.05, 0.1) is 12.1 Å². The number of anilines is 1. The molecule has 0 aliphatic rings. The number of nitrogens with one attached hydrogen (secondary N) is 1. The van der Waals surface area contributed by atoms with Gasteiger partial charge in [-0.25, -0.2) is 0 Å². The minimum atomic E-state index is -0.171. The molecule has 0 radical (unpaired) electrons. The van der Waals surface area contributed by atoms with Gasteiger partial charge in [-0.15, -0.1) is 0 Å². The van der Waals surface area contributed by atoms with Crippen molar-refractivity contribution in [3.05, 3.63) is 53.3 Å². The Kier molecular flexibility index (Phi) is 3.80. The maximum atomic E-state index is 11.9. The third kappa shape index (κ3) is 3.31. The molecule has 0 bridgehead atoms. The molecule has 98 valence electrons. The molecular formula is C15H16N2O2. The number of benzene rings is 1. The smallest absolute Gasteiger partial charge is 0.228 e. The highest BCUT2D eigenvalue weighted by Gasteiger charge is 2.09. The van der Waals surface area contributed by atoms with Crippen molar-refractivity contribution in [1.82, 2.24) is 4.98 Å². The minimum absolute atomic E-state index is 0.0644. The first kappa shape index (κ1) is 13.1. The number of rotatable bonds is 3. The van der Waals surface area contributed by atoms with Gasteiger partial charge in [0, 0.05) is 11.4 Å². The summed E-state index contributed by atoms with van der Waals surface area (Å²) in [6.07, 6.45) is 0.243. The van der Waals surface area contributed by atoms with Gasteiger partial charge in [0.25, 0.3) is 0 Å². The lowest BCUT2D eigenvalue weighted by atomic mass is 10.1. The number of hydrogen-bond donors (Lipinski definition) is 2. The van der Waals surface area contributed by atoms with Gasteiger partial charge in [0.1, 0.15) is 5.75 Å². The van der Waals surface area contributed by atoms with Crippen LogP contribution in [0.4, 0.5) is 5.69 Å². The number of pyridine rings is 1. The van der Waals surface area contributed by atoms with Crippen LogP contribution in [0.5, 0.6) is 5.75 Å². The van der Waals surface area contributed by atoms with Crippen LogP contribution in [0.15, 0.2) is 36.4 Å². The fourth-order valence-electron chi connectivity index (χ4n) is 1.85. The van der Waals surface area contributed by atoms with Crippen molar-refractivity contribution in [2.75, 3.05) is 5.32 Å². The van der Waals surface area contributed by atoms with E-state index in [1.807, 2.05) is 26.0 Å². The summed E-state index contributed by atoms with van der Waals surface area (Å²) in [4.78, 5) is 16.2. The van der Waals surface area contributed by atoms with E-state index in [0.717, 1.165) is 17.0 Å². The van der Waals surface area contributed by atoms with Crippen LogP contribution in [0.3, 0.4) is 0 Å². The predicted molar refractivity (Wildman–Crippen MR) is 74.2 cm³/mol. The number of carbonyl (C=O) groups is 1. The van der Waals surface area contributed by atoms with E-state index < -0.39 is 0 Å². The van der Waals surface area contributed by atoms with Crippen molar-refractivity contribution >= 4 is 11.6 Å². The zero-order chi connectivity index (χ0) is 13.8. The van der Waals surface area contributed by atoms with E-state index in [1.165, 1.54) is 6.07 Å². The van der Waals surface area contributed by atoms with Crippen LogP contribution in [0.25, 0.3) is 0 Å². The van der Waals surface area contributed by atoms with E-state index in [-0.39, 0.29) is 18.1 Å². The lowest BCUT2D eigenvalue weighted by molar-refractivity contribution is -0.115. The van der Waals surface area contributed by atoms with Crippen molar-refractivity contribution in [3.8, 4) is 5.75 Å². The monoisotopic (exact) mass is 256 g/mol. The number of carbonyl (C=O) groups excluding carboxylic acids is 1.